The van der Waals surface area contributed by atoms with Crippen LogP contribution in [-0.4, -0.2) is 6.79 Å². The van der Waals surface area contributed by atoms with Crippen LogP contribution >= 0.6 is 0 Å². The highest BCUT2D eigenvalue weighted by Crippen LogP contribution is 2.29. The Balaban J connectivity index is -0.000000131. The lowest BCUT2D eigenvalue weighted by molar-refractivity contribution is -0.0979. The van der Waals surface area contributed by atoms with Crippen molar-refractivity contribution in [3.63, 3.8) is 0 Å². The number of allylic oxidation sites excluding steroid dienone is 1. The zero-order valence-corrected chi connectivity index (χ0v) is 24.1. The number of hydrogen-bond acceptors (Lipinski definition) is 1. The molecule has 0 amide bonds. The molecule has 2 rings (SSSR count). The third-order valence-electron chi connectivity index (χ3n) is 4.70. The molecule has 2 atom stereocenters. The van der Waals surface area contributed by atoms with Crippen molar-refractivity contribution in [1.29, 1.82) is 0 Å². The van der Waals surface area contributed by atoms with Gasteiger partial charge in [-0.2, -0.15) is 0 Å². The molecule has 2 aromatic rings. The number of aryl methyl sites for hydroxylation is 3. The van der Waals surface area contributed by atoms with Crippen molar-refractivity contribution < 1.29 is 4.79 Å². The summed E-state index contributed by atoms with van der Waals surface area (Å²) in [5, 5.41) is 0. The molecular weight excluding hydrogens is 412 g/mol. The van der Waals surface area contributed by atoms with E-state index in [0.29, 0.717) is 11.8 Å². The van der Waals surface area contributed by atoms with Crippen LogP contribution in [0.2, 0.25) is 0 Å². The van der Waals surface area contributed by atoms with Crippen molar-refractivity contribution in [1.82, 2.24) is 0 Å². The molecular formula is C33H56O. The van der Waals surface area contributed by atoms with E-state index in [1.165, 1.54) is 41.5 Å². The van der Waals surface area contributed by atoms with Crippen LogP contribution in [0.4, 0.5) is 0 Å². The lowest BCUT2D eigenvalue weighted by Gasteiger charge is -2.19. The summed E-state index contributed by atoms with van der Waals surface area (Å²) in [4.78, 5) is 8.00. The van der Waals surface area contributed by atoms with Crippen molar-refractivity contribution in [2.75, 3.05) is 0 Å². The second-order valence-corrected chi connectivity index (χ2v) is 6.81. The van der Waals surface area contributed by atoms with Crippen molar-refractivity contribution in [2.45, 2.75) is 87.5 Å². The van der Waals surface area contributed by atoms with E-state index < -0.39 is 0 Å². The molecule has 0 fully saturated rings. The van der Waals surface area contributed by atoms with Crippen molar-refractivity contribution in [2.24, 2.45) is 5.92 Å². The molecule has 0 heterocycles. The summed E-state index contributed by atoms with van der Waals surface area (Å²) in [5.74, 6) is 1.34. The molecule has 0 aliphatic carbocycles. The summed E-state index contributed by atoms with van der Waals surface area (Å²) >= 11 is 0. The quantitative estimate of drug-likeness (QED) is 0.385. The van der Waals surface area contributed by atoms with E-state index in [1.54, 1.807) is 0 Å². The Morgan fingerprint density at radius 2 is 0.941 bits per heavy atom. The second kappa shape index (κ2) is 34.9. The zero-order valence-electron chi connectivity index (χ0n) is 24.1. The Hall–Kier alpha value is -2.67. The number of carbonyl (C=O) groups is 1. The third kappa shape index (κ3) is 24.0. The molecule has 2 unspecified atom stereocenters. The van der Waals surface area contributed by atoms with Gasteiger partial charge in [0.05, 0.1) is 0 Å². The van der Waals surface area contributed by atoms with E-state index in [1.807, 2.05) is 34.5 Å². The van der Waals surface area contributed by atoms with Crippen LogP contribution in [0.25, 0.3) is 0 Å². The SMILES string of the molecule is C=C.C=C.C=CC(CC)CC(CC)c1ccc(C)cc1.C=O.CC.CC.Cc1ccc(C)cc1. The van der Waals surface area contributed by atoms with Gasteiger partial charge in [0.15, 0.2) is 0 Å². The molecule has 1 heteroatoms. The van der Waals surface area contributed by atoms with Gasteiger partial charge >= 0.3 is 0 Å². The highest BCUT2D eigenvalue weighted by atomic mass is 16.1. The zero-order chi connectivity index (χ0) is 27.9. The fourth-order valence-corrected chi connectivity index (χ4v) is 2.81. The van der Waals surface area contributed by atoms with Crippen LogP contribution in [0.15, 0.2) is 87.5 Å². The van der Waals surface area contributed by atoms with E-state index in [0.717, 1.165) is 0 Å². The Bertz CT molecular complexity index is 599. The summed E-state index contributed by atoms with van der Waals surface area (Å²) in [5.41, 5.74) is 5.48. The summed E-state index contributed by atoms with van der Waals surface area (Å²) in [7, 11) is 0. The molecule has 0 N–H and O–H groups in total. The summed E-state index contributed by atoms with van der Waals surface area (Å²) in [6.45, 7) is 36.8. The first-order valence-electron chi connectivity index (χ1n) is 12.5. The maximum absolute atomic E-state index is 8.00. The Morgan fingerprint density at radius 3 is 1.18 bits per heavy atom. The summed E-state index contributed by atoms with van der Waals surface area (Å²) in [6.07, 6.45) is 5.76. The molecule has 0 saturated carbocycles. The Labute approximate surface area is 214 Å². The summed E-state index contributed by atoms with van der Waals surface area (Å²) < 4.78 is 0. The Morgan fingerprint density at radius 1 is 0.647 bits per heavy atom. The van der Waals surface area contributed by atoms with Crippen LogP contribution in [0, 0.1) is 26.7 Å². The molecule has 0 bridgehead atoms. The van der Waals surface area contributed by atoms with Crippen LogP contribution in [0.5, 0.6) is 0 Å². The van der Waals surface area contributed by atoms with Crippen molar-refractivity contribution in [3.8, 4) is 0 Å². The van der Waals surface area contributed by atoms with Gasteiger partial charge in [0.25, 0.3) is 0 Å². The Kier molecular flexibility index (Phi) is 42.7. The van der Waals surface area contributed by atoms with Gasteiger partial charge < -0.3 is 4.79 Å². The molecule has 0 aliphatic heterocycles. The minimum absolute atomic E-state index is 0.659. The van der Waals surface area contributed by atoms with Crippen LogP contribution < -0.4 is 0 Å². The van der Waals surface area contributed by atoms with Gasteiger partial charge in [-0.05, 0) is 57.4 Å². The topological polar surface area (TPSA) is 17.1 Å². The molecule has 0 aromatic heterocycles. The van der Waals surface area contributed by atoms with Crippen molar-refractivity contribution in [3.05, 3.63) is 110 Å². The van der Waals surface area contributed by atoms with Gasteiger partial charge in [0.2, 0.25) is 0 Å². The normalized spacial score (nSPS) is 9.68. The van der Waals surface area contributed by atoms with Gasteiger partial charge in [-0.3, -0.25) is 0 Å². The predicted molar refractivity (Wildman–Crippen MR) is 161 cm³/mol. The van der Waals surface area contributed by atoms with E-state index in [2.05, 4.69) is 122 Å². The summed E-state index contributed by atoms with van der Waals surface area (Å²) in [6, 6.07) is 17.5. The van der Waals surface area contributed by atoms with E-state index >= 15 is 0 Å². The lowest BCUT2D eigenvalue weighted by atomic mass is 9.85. The number of benzene rings is 2. The smallest absolute Gasteiger partial charge is 0.106 e. The first kappa shape index (κ1) is 41.6. The first-order valence-corrected chi connectivity index (χ1v) is 12.5. The molecule has 1 nitrogen and oxygen atoms in total. The largest absolute Gasteiger partial charge is 0.307 e. The van der Waals surface area contributed by atoms with E-state index in [-0.39, 0.29) is 0 Å². The standard InChI is InChI=1S/C16H24.C8H10.2C2H6.2C2H4.CH2O/c1-5-14(6-2)12-15(7-3)16-10-8-13(4)9-11-16;1-7-3-5-8(2)6-4-7;5*1-2/h5,8-11,14-15H,1,6-7,12H2,2-4H3;3-6H,1-2H3;2*1-2H3;2*1-2H2;1H2. The fraction of sp³-hybridized carbons (Fsp3) is 0.424. The first-order chi connectivity index (χ1) is 16.5. The minimum atomic E-state index is 0.659. The molecule has 0 radical (unpaired) electrons. The van der Waals surface area contributed by atoms with Crippen LogP contribution in [-0.2, 0) is 4.79 Å². The molecule has 194 valence electrons. The molecule has 0 saturated heterocycles. The maximum atomic E-state index is 8.00. The molecule has 2 aromatic carbocycles. The number of carbonyl (C=O) groups excluding carboxylic acids is 1. The second-order valence-electron chi connectivity index (χ2n) is 6.81. The van der Waals surface area contributed by atoms with Gasteiger partial charge in [-0.1, -0.05) is 113 Å². The predicted octanol–water partition coefficient (Wildman–Crippen LogP) is 10.9. The average molecular weight is 469 g/mol. The highest BCUT2D eigenvalue weighted by molar-refractivity contribution is 5.24. The van der Waals surface area contributed by atoms with Gasteiger partial charge in [-0.15, -0.1) is 32.9 Å². The molecule has 0 spiro atoms. The van der Waals surface area contributed by atoms with Crippen LogP contribution in [0.3, 0.4) is 0 Å². The monoisotopic (exact) mass is 468 g/mol. The minimum Gasteiger partial charge on any atom is -0.307 e. The van der Waals surface area contributed by atoms with Crippen molar-refractivity contribution >= 4 is 6.79 Å². The number of rotatable bonds is 6. The molecule has 34 heavy (non-hydrogen) atoms. The third-order valence-corrected chi connectivity index (χ3v) is 4.70. The van der Waals surface area contributed by atoms with E-state index in [9.17, 15) is 0 Å². The lowest BCUT2D eigenvalue weighted by Crippen LogP contribution is -2.04. The fourth-order valence-electron chi connectivity index (χ4n) is 2.81. The highest BCUT2D eigenvalue weighted by Gasteiger charge is 2.13. The van der Waals surface area contributed by atoms with Crippen LogP contribution in [0.1, 0.15) is 89.0 Å². The maximum Gasteiger partial charge on any atom is 0.106 e. The van der Waals surface area contributed by atoms with E-state index in [4.69, 9.17) is 4.79 Å². The van der Waals surface area contributed by atoms with Gasteiger partial charge in [0, 0.05) is 0 Å². The number of hydrogen-bond donors (Lipinski definition) is 0. The van der Waals surface area contributed by atoms with Gasteiger partial charge in [0.1, 0.15) is 6.79 Å². The molecule has 0 aliphatic rings. The van der Waals surface area contributed by atoms with Gasteiger partial charge in [-0.25, -0.2) is 0 Å². The average Bonchev–Trinajstić information content (AvgIpc) is 2.93.